The van der Waals surface area contributed by atoms with E-state index in [1.165, 1.54) is 6.07 Å². The Bertz CT molecular complexity index is 657. The van der Waals surface area contributed by atoms with E-state index in [1.54, 1.807) is 31.2 Å². The number of nitrogens with zero attached hydrogens (tertiary/aromatic N) is 1. The molecular weight excluding hydrogens is 260 g/mol. The summed E-state index contributed by atoms with van der Waals surface area (Å²) < 4.78 is 26.5. The Morgan fingerprint density at radius 2 is 1.80 bits per heavy atom. The number of hydrogen-bond acceptors (Lipinski definition) is 2. The van der Waals surface area contributed by atoms with Crippen molar-refractivity contribution >= 4 is 0 Å². The molecule has 0 saturated carbocycles. The molecule has 1 unspecified atom stereocenters. The van der Waals surface area contributed by atoms with Crippen LogP contribution in [0.15, 0.2) is 42.5 Å². The number of halogens is 2. The molecule has 0 saturated heterocycles. The maximum absolute atomic E-state index is 13.6. The molecule has 0 spiro atoms. The first-order chi connectivity index (χ1) is 9.42. The van der Waals surface area contributed by atoms with Gasteiger partial charge in [0.1, 0.15) is 11.6 Å². The molecule has 0 aliphatic carbocycles. The van der Waals surface area contributed by atoms with Gasteiger partial charge in [-0.3, -0.25) is 0 Å². The van der Waals surface area contributed by atoms with Gasteiger partial charge in [0.05, 0.1) is 17.2 Å². The van der Waals surface area contributed by atoms with Crippen LogP contribution < -0.4 is 0 Å². The third-order valence-corrected chi connectivity index (χ3v) is 3.19. The predicted octanol–water partition coefficient (Wildman–Crippen LogP) is 3.29. The van der Waals surface area contributed by atoms with Gasteiger partial charge in [-0.2, -0.15) is 5.26 Å². The fourth-order valence-corrected chi connectivity index (χ4v) is 2.04. The van der Waals surface area contributed by atoms with Crippen LogP contribution in [0, 0.1) is 23.0 Å². The van der Waals surface area contributed by atoms with Crippen LogP contribution in [-0.2, 0) is 12.0 Å². The maximum atomic E-state index is 13.6. The smallest absolute Gasteiger partial charge is 0.129 e. The minimum atomic E-state index is -1.30. The van der Waals surface area contributed by atoms with E-state index in [0.717, 1.165) is 12.1 Å². The van der Waals surface area contributed by atoms with E-state index in [-0.39, 0.29) is 12.0 Å². The minimum Gasteiger partial charge on any atom is -0.385 e. The van der Waals surface area contributed by atoms with Crippen molar-refractivity contribution in [2.24, 2.45) is 0 Å². The van der Waals surface area contributed by atoms with E-state index < -0.39 is 17.2 Å². The highest BCUT2D eigenvalue weighted by molar-refractivity contribution is 5.35. The van der Waals surface area contributed by atoms with Crippen molar-refractivity contribution in [3.63, 3.8) is 0 Å². The molecule has 0 aliphatic rings. The van der Waals surface area contributed by atoms with Crippen LogP contribution in [0.5, 0.6) is 0 Å². The van der Waals surface area contributed by atoms with Gasteiger partial charge in [-0.05, 0) is 36.2 Å². The minimum absolute atomic E-state index is 0.0189. The lowest BCUT2D eigenvalue weighted by molar-refractivity contribution is 0.0566. The van der Waals surface area contributed by atoms with Crippen molar-refractivity contribution in [1.82, 2.24) is 0 Å². The van der Waals surface area contributed by atoms with E-state index >= 15 is 0 Å². The summed E-state index contributed by atoms with van der Waals surface area (Å²) in [5.74, 6) is -1.33. The standard InChI is InChI=1S/C16H13F2NO/c1-16(20,13-5-2-11(10-19)3-6-13)9-12-4-7-14(17)8-15(12)18/h2-8,20H,9H2,1H3. The van der Waals surface area contributed by atoms with Gasteiger partial charge in [-0.15, -0.1) is 0 Å². The average Bonchev–Trinajstić information content (AvgIpc) is 2.42. The number of benzene rings is 2. The molecule has 4 heteroatoms. The Morgan fingerprint density at radius 3 is 2.35 bits per heavy atom. The molecular formula is C16H13F2NO. The van der Waals surface area contributed by atoms with Gasteiger partial charge in [-0.25, -0.2) is 8.78 Å². The van der Waals surface area contributed by atoms with Gasteiger partial charge in [-0.1, -0.05) is 18.2 Å². The molecule has 2 rings (SSSR count). The Kier molecular flexibility index (Phi) is 3.82. The molecule has 1 atom stereocenters. The largest absolute Gasteiger partial charge is 0.385 e. The average molecular weight is 273 g/mol. The first-order valence-corrected chi connectivity index (χ1v) is 6.09. The second kappa shape index (κ2) is 5.40. The van der Waals surface area contributed by atoms with Crippen molar-refractivity contribution in [3.8, 4) is 6.07 Å². The fourth-order valence-electron chi connectivity index (χ4n) is 2.04. The van der Waals surface area contributed by atoms with Gasteiger partial charge < -0.3 is 5.11 Å². The summed E-state index contributed by atoms with van der Waals surface area (Å²) in [5, 5.41) is 19.2. The van der Waals surface area contributed by atoms with Gasteiger partial charge >= 0.3 is 0 Å². The van der Waals surface area contributed by atoms with Gasteiger partial charge in [0.15, 0.2) is 0 Å². The van der Waals surface area contributed by atoms with Crippen LogP contribution in [0.2, 0.25) is 0 Å². The zero-order valence-electron chi connectivity index (χ0n) is 10.9. The highest BCUT2D eigenvalue weighted by Gasteiger charge is 2.25. The quantitative estimate of drug-likeness (QED) is 0.932. The molecule has 0 fully saturated rings. The van der Waals surface area contributed by atoms with Crippen LogP contribution in [0.3, 0.4) is 0 Å². The first-order valence-electron chi connectivity index (χ1n) is 6.09. The molecule has 0 amide bonds. The summed E-state index contributed by atoms with van der Waals surface area (Å²) in [7, 11) is 0. The monoisotopic (exact) mass is 273 g/mol. The maximum Gasteiger partial charge on any atom is 0.129 e. The van der Waals surface area contributed by atoms with E-state index in [9.17, 15) is 13.9 Å². The molecule has 2 aromatic rings. The lowest BCUT2D eigenvalue weighted by Gasteiger charge is -2.24. The zero-order valence-corrected chi connectivity index (χ0v) is 10.9. The zero-order chi connectivity index (χ0) is 14.8. The van der Waals surface area contributed by atoms with Gasteiger partial charge in [0.2, 0.25) is 0 Å². The van der Waals surface area contributed by atoms with Crippen molar-refractivity contribution in [2.75, 3.05) is 0 Å². The van der Waals surface area contributed by atoms with E-state index in [1.807, 2.05) is 6.07 Å². The Hall–Kier alpha value is -2.25. The molecule has 0 radical (unpaired) electrons. The lowest BCUT2D eigenvalue weighted by Crippen LogP contribution is -2.24. The summed E-state index contributed by atoms with van der Waals surface area (Å²) >= 11 is 0. The third kappa shape index (κ3) is 3.01. The number of nitriles is 1. The van der Waals surface area contributed by atoms with Crippen molar-refractivity contribution in [3.05, 3.63) is 70.8 Å². The Balaban J connectivity index is 2.27. The number of aliphatic hydroxyl groups is 1. The molecule has 0 aliphatic heterocycles. The second-order valence-corrected chi connectivity index (χ2v) is 4.88. The lowest BCUT2D eigenvalue weighted by atomic mass is 9.88. The molecule has 1 N–H and O–H groups in total. The van der Waals surface area contributed by atoms with E-state index in [2.05, 4.69) is 0 Å². The van der Waals surface area contributed by atoms with Crippen molar-refractivity contribution in [2.45, 2.75) is 18.9 Å². The number of hydrogen-bond donors (Lipinski definition) is 1. The van der Waals surface area contributed by atoms with Gasteiger partial charge in [0.25, 0.3) is 0 Å². The number of rotatable bonds is 3. The summed E-state index contributed by atoms with van der Waals surface area (Å²) in [6.45, 7) is 1.55. The van der Waals surface area contributed by atoms with Crippen LogP contribution >= 0.6 is 0 Å². The summed E-state index contributed by atoms with van der Waals surface area (Å²) in [6.07, 6.45) is 0.0189. The SMILES string of the molecule is CC(O)(Cc1ccc(F)cc1F)c1ccc(C#N)cc1. The highest BCUT2D eigenvalue weighted by atomic mass is 19.1. The van der Waals surface area contributed by atoms with Crippen LogP contribution in [0.4, 0.5) is 8.78 Å². The van der Waals surface area contributed by atoms with Crippen LogP contribution in [-0.4, -0.2) is 5.11 Å². The van der Waals surface area contributed by atoms with Crippen LogP contribution in [0.1, 0.15) is 23.6 Å². The highest BCUT2D eigenvalue weighted by Crippen LogP contribution is 2.27. The molecule has 0 aromatic heterocycles. The molecule has 0 bridgehead atoms. The van der Waals surface area contributed by atoms with Crippen molar-refractivity contribution in [1.29, 1.82) is 5.26 Å². The Morgan fingerprint density at radius 1 is 1.15 bits per heavy atom. The summed E-state index contributed by atoms with van der Waals surface area (Å²) in [4.78, 5) is 0. The third-order valence-electron chi connectivity index (χ3n) is 3.19. The fraction of sp³-hybridized carbons (Fsp3) is 0.188. The predicted molar refractivity (Wildman–Crippen MR) is 70.8 cm³/mol. The second-order valence-electron chi connectivity index (χ2n) is 4.88. The van der Waals surface area contributed by atoms with Crippen molar-refractivity contribution < 1.29 is 13.9 Å². The molecule has 102 valence electrons. The molecule has 2 nitrogen and oxygen atoms in total. The summed E-state index contributed by atoms with van der Waals surface area (Å²) in [6, 6.07) is 11.7. The molecule has 2 aromatic carbocycles. The first kappa shape index (κ1) is 14.2. The normalized spacial score (nSPS) is 13.6. The molecule has 20 heavy (non-hydrogen) atoms. The van der Waals surface area contributed by atoms with Gasteiger partial charge in [0, 0.05) is 12.5 Å². The molecule has 0 heterocycles. The Labute approximate surface area is 115 Å². The van der Waals surface area contributed by atoms with E-state index in [0.29, 0.717) is 11.1 Å². The van der Waals surface area contributed by atoms with Crippen LogP contribution in [0.25, 0.3) is 0 Å². The summed E-state index contributed by atoms with van der Waals surface area (Å²) in [5.41, 5.74) is -0.00868. The van der Waals surface area contributed by atoms with E-state index in [4.69, 9.17) is 5.26 Å². The topological polar surface area (TPSA) is 44.0 Å².